The van der Waals surface area contributed by atoms with Gasteiger partial charge in [0.15, 0.2) is 0 Å². The average molecular weight is 235 g/mol. The average Bonchev–Trinajstić information content (AvgIpc) is 2.23. The van der Waals surface area contributed by atoms with Crippen LogP contribution in [0.15, 0.2) is 18.2 Å². The van der Waals surface area contributed by atoms with E-state index in [-0.39, 0.29) is 5.92 Å². The highest BCUT2D eigenvalue weighted by Gasteiger charge is 2.14. The third-order valence-electron chi connectivity index (χ3n) is 2.95. The summed E-state index contributed by atoms with van der Waals surface area (Å²) in [4.78, 5) is 12.8. The lowest BCUT2D eigenvalue weighted by molar-refractivity contribution is -0.141. The summed E-state index contributed by atoms with van der Waals surface area (Å²) in [7, 11) is 1.96. The smallest absolute Gasteiger partial charge is 0.307 e. The molecule has 0 radical (unpaired) electrons. The van der Waals surface area contributed by atoms with Crippen molar-refractivity contribution in [3.05, 3.63) is 34.9 Å². The van der Waals surface area contributed by atoms with Crippen molar-refractivity contribution in [1.82, 2.24) is 4.90 Å². The van der Waals surface area contributed by atoms with Gasteiger partial charge in [0.1, 0.15) is 0 Å². The molecule has 0 bridgehead atoms. The van der Waals surface area contributed by atoms with Gasteiger partial charge in [-0.1, -0.05) is 30.7 Å². The van der Waals surface area contributed by atoms with Crippen LogP contribution in [0.2, 0.25) is 0 Å². The van der Waals surface area contributed by atoms with Crippen LogP contribution in [-0.4, -0.2) is 29.6 Å². The molecule has 94 valence electrons. The second-order valence-electron chi connectivity index (χ2n) is 4.87. The van der Waals surface area contributed by atoms with Gasteiger partial charge >= 0.3 is 5.97 Å². The number of nitrogens with zero attached hydrogens (tertiary/aromatic N) is 1. The molecule has 1 unspecified atom stereocenters. The first-order chi connectivity index (χ1) is 7.90. The number of aryl methyl sites for hydroxylation is 2. The second-order valence-corrected chi connectivity index (χ2v) is 4.87. The van der Waals surface area contributed by atoms with E-state index in [0.29, 0.717) is 6.54 Å². The Balaban J connectivity index is 2.64. The molecule has 0 aliphatic rings. The molecule has 1 aromatic carbocycles. The number of benzene rings is 1. The first-order valence-corrected chi connectivity index (χ1v) is 5.87. The Morgan fingerprint density at radius 2 is 2.06 bits per heavy atom. The summed E-state index contributed by atoms with van der Waals surface area (Å²) in [6.45, 7) is 7.27. The van der Waals surface area contributed by atoms with Crippen LogP contribution >= 0.6 is 0 Å². The highest BCUT2D eigenvalue weighted by Crippen LogP contribution is 2.13. The standard InChI is InChI=1S/C14H21NO2/c1-10-5-6-11(2)13(7-10)9-15(4)8-12(3)14(16)17/h5-7,12H,8-9H2,1-4H3,(H,16,17). The van der Waals surface area contributed by atoms with Gasteiger partial charge in [0.2, 0.25) is 0 Å². The van der Waals surface area contributed by atoms with Gasteiger partial charge in [0.25, 0.3) is 0 Å². The molecular weight excluding hydrogens is 214 g/mol. The number of carboxylic acids is 1. The Kier molecular flexibility index (Phi) is 4.70. The molecule has 1 atom stereocenters. The van der Waals surface area contributed by atoms with E-state index >= 15 is 0 Å². The van der Waals surface area contributed by atoms with Crippen molar-refractivity contribution in [2.45, 2.75) is 27.3 Å². The number of carboxylic acid groups (broad SMARTS) is 1. The minimum absolute atomic E-state index is 0.329. The van der Waals surface area contributed by atoms with Crippen LogP contribution in [0.1, 0.15) is 23.6 Å². The largest absolute Gasteiger partial charge is 0.481 e. The monoisotopic (exact) mass is 235 g/mol. The maximum absolute atomic E-state index is 10.8. The molecule has 3 heteroatoms. The highest BCUT2D eigenvalue weighted by molar-refractivity contribution is 5.69. The van der Waals surface area contributed by atoms with Crippen LogP contribution < -0.4 is 0 Å². The lowest BCUT2D eigenvalue weighted by atomic mass is 10.0. The van der Waals surface area contributed by atoms with E-state index in [4.69, 9.17) is 5.11 Å². The summed E-state index contributed by atoms with van der Waals surface area (Å²) < 4.78 is 0. The normalized spacial score (nSPS) is 12.8. The van der Waals surface area contributed by atoms with Gasteiger partial charge in [-0.05, 0) is 32.0 Å². The fourth-order valence-corrected chi connectivity index (χ4v) is 1.87. The molecule has 0 saturated heterocycles. The lowest BCUT2D eigenvalue weighted by Crippen LogP contribution is -2.28. The van der Waals surface area contributed by atoms with Crippen LogP contribution in [0.4, 0.5) is 0 Å². The molecule has 0 spiro atoms. The van der Waals surface area contributed by atoms with E-state index in [1.807, 2.05) is 7.05 Å². The predicted octanol–water partition coefficient (Wildman–Crippen LogP) is 2.46. The highest BCUT2D eigenvalue weighted by atomic mass is 16.4. The first kappa shape index (κ1) is 13.7. The van der Waals surface area contributed by atoms with Gasteiger partial charge in [-0.15, -0.1) is 0 Å². The number of rotatable bonds is 5. The Hall–Kier alpha value is -1.35. The molecule has 0 amide bonds. The molecule has 1 N–H and O–H groups in total. The topological polar surface area (TPSA) is 40.5 Å². The Labute approximate surface area is 103 Å². The van der Waals surface area contributed by atoms with Crippen molar-refractivity contribution in [2.75, 3.05) is 13.6 Å². The Morgan fingerprint density at radius 1 is 1.41 bits per heavy atom. The van der Waals surface area contributed by atoms with E-state index in [0.717, 1.165) is 6.54 Å². The van der Waals surface area contributed by atoms with Gasteiger partial charge in [-0.25, -0.2) is 0 Å². The van der Waals surface area contributed by atoms with Crippen molar-refractivity contribution < 1.29 is 9.90 Å². The molecule has 0 fully saturated rings. The molecule has 0 saturated carbocycles. The fraction of sp³-hybridized carbons (Fsp3) is 0.500. The molecule has 1 aromatic rings. The number of aliphatic carboxylic acids is 1. The maximum atomic E-state index is 10.8. The van der Waals surface area contributed by atoms with Crippen LogP contribution in [0.3, 0.4) is 0 Å². The molecule has 17 heavy (non-hydrogen) atoms. The molecule has 0 aromatic heterocycles. The zero-order valence-electron chi connectivity index (χ0n) is 11.0. The summed E-state index contributed by atoms with van der Waals surface area (Å²) in [5, 5.41) is 8.87. The first-order valence-electron chi connectivity index (χ1n) is 5.87. The zero-order chi connectivity index (χ0) is 13.0. The summed E-state index contributed by atoms with van der Waals surface area (Å²) in [5.41, 5.74) is 3.76. The van der Waals surface area contributed by atoms with E-state index in [9.17, 15) is 4.79 Å². The SMILES string of the molecule is Cc1ccc(C)c(CN(C)CC(C)C(=O)O)c1. The fourth-order valence-electron chi connectivity index (χ4n) is 1.87. The second kappa shape index (κ2) is 5.82. The van der Waals surface area contributed by atoms with Gasteiger partial charge < -0.3 is 10.0 Å². The van der Waals surface area contributed by atoms with Crippen molar-refractivity contribution in [3.8, 4) is 0 Å². The van der Waals surface area contributed by atoms with Crippen molar-refractivity contribution >= 4 is 5.97 Å². The third-order valence-corrected chi connectivity index (χ3v) is 2.95. The third kappa shape index (κ3) is 4.19. The molecule has 1 rings (SSSR count). The van der Waals surface area contributed by atoms with Gasteiger partial charge in [-0.2, -0.15) is 0 Å². The minimum Gasteiger partial charge on any atom is -0.481 e. The zero-order valence-corrected chi connectivity index (χ0v) is 11.0. The lowest BCUT2D eigenvalue weighted by Gasteiger charge is -2.20. The summed E-state index contributed by atoms with van der Waals surface area (Å²) in [6, 6.07) is 6.37. The van der Waals surface area contributed by atoms with Crippen molar-refractivity contribution in [2.24, 2.45) is 5.92 Å². The molecule has 3 nitrogen and oxygen atoms in total. The van der Waals surface area contributed by atoms with Gasteiger partial charge in [0, 0.05) is 13.1 Å². The van der Waals surface area contributed by atoms with Crippen LogP contribution in [-0.2, 0) is 11.3 Å². The van der Waals surface area contributed by atoms with E-state index in [2.05, 4.69) is 36.9 Å². The Morgan fingerprint density at radius 3 is 2.65 bits per heavy atom. The number of hydrogen-bond donors (Lipinski definition) is 1. The van der Waals surface area contributed by atoms with Crippen molar-refractivity contribution in [3.63, 3.8) is 0 Å². The summed E-state index contributed by atoms with van der Waals surface area (Å²) >= 11 is 0. The number of hydrogen-bond acceptors (Lipinski definition) is 2. The van der Waals surface area contributed by atoms with E-state index in [1.54, 1.807) is 6.92 Å². The van der Waals surface area contributed by atoms with Gasteiger partial charge in [-0.3, -0.25) is 4.79 Å². The van der Waals surface area contributed by atoms with Crippen LogP contribution in [0.25, 0.3) is 0 Å². The molecule has 0 aliphatic carbocycles. The summed E-state index contributed by atoms with van der Waals surface area (Å²) in [6.07, 6.45) is 0. The summed E-state index contributed by atoms with van der Waals surface area (Å²) in [5.74, 6) is -1.07. The van der Waals surface area contributed by atoms with Crippen LogP contribution in [0.5, 0.6) is 0 Å². The van der Waals surface area contributed by atoms with Gasteiger partial charge in [0.05, 0.1) is 5.92 Å². The minimum atomic E-state index is -0.738. The quantitative estimate of drug-likeness (QED) is 0.852. The maximum Gasteiger partial charge on any atom is 0.307 e. The molecule has 0 heterocycles. The van der Waals surface area contributed by atoms with E-state index in [1.165, 1.54) is 16.7 Å². The van der Waals surface area contributed by atoms with Crippen molar-refractivity contribution in [1.29, 1.82) is 0 Å². The predicted molar refractivity (Wildman–Crippen MR) is 69.0 cm³/mol. The Bertz CT molecular complexity index is 401. The van der Waals surface area contributed by atoms with Crippen LogP contribution in [0, 0.1) is 19.8 Å². The van der Waals surface area contributed by atoms with E-state index < -0.39 is 5.97 Å². The molecular formula is C14H21NO2. The molecule has 0 aliphatic heterocycles. The number of carbonyl (C=O) groups is 1.